The Hall–Kier alpha value is -3.08. The second kappa shape index (κ2) is 7.98. The molecule has 0 radical (unpaired) electrons. The van der Waals surface area contributed by atoms with Crippen LogP contribution in [-0.2, 0) is 11.3 Å². The number of amides is 1. The predicted molar refractivity (Wildman–Crippen MR) is 110 cm³/mol. The Labute approximate surface area is 178 Å². The van der Waals surface area contributed by atoms with E-state index < -0.39 is 5.82 Å². The zero-order valence-electron chi connectivity index (χ0n) is 16.1. The largest absolute Gasteiger partial charge is 0.507 e. The number of carbonyl (C=O) groups excluding carboxylic acids is 1. The van der Waals surface area contributed by atoms with E-state index >= 15 is 4.39 Å². The molecule has 2 aromatic carbocycles. The number of ether oxygens (including phenoxy) is 1. The summed E-state index contributed by atoms with van der Waals surface area (Å²) in [5.41, 5.74) is 0.592. The van der Waals surface area contributed by atoms with Crippen molar-refractivity contribution in [3.8, 4) is 28.7 Å². The maximum Gasteiger partial charge on any atom is 0.246 e. The van der Waals surface area contributed by atoms with Crippen LogP contribution in [0.3, 0.4) is 0 Å². The molecule has 1 N–H and O–H groups in total. The fourth-order valence-corrected chi connectivity index (χ4v) is 4.30. The summed E-state index contributed by atoms with van der Waals surface area (Å²) >= 11 is 6.21. The fraction of sp³-hybridized carbons (Fsp3) is 0.273. The Kier molecular flexibility index (Phi) is 5.37. The normalized spacial score (nSPS) is 18.4. The van der Waals surface area contributed by atoms with Crippen LogP contribution >= 0.6 is 11.6 Å². The van der Waals surface area contributed by atoms with E-state index in [9.17, 15) is 15.2 Å². The van der Waals surface area contributed by atoms with Gasteiger partial charge in [-0.25, -0.2) is 4.39 Å². The number of nitrogens with zero attached hydrogens (tertiary/aromatic N) is 3. The number of benzene rings is 2. The van der Waals surface area contributed by atoms with Gasteiger partial charge in [-0.2, -0.15) is 5.26 Å². The van der Waals surface area contributed by atoms with Gasteiger partial charge >= 0.3 is 0 Å². The molecule has 1 fully saturated rings. The molecule has 0 saturated carbocycles. The van der Waals surface area contributed by atoms with E-state index in [1.807, 2.05) is 6.07 Å². The van der Waals surface area contributed by atoms with Crippen LogP contribution in [0.15, 0.2) is 36.9 Å². The Morgan fingerprint density at radius 2 is 2.20 bits per heavy atom. The molecule has 0 unspecified atom stereocenters. The first-order valence-corrected chi connectivity index (χ1v) is 9.84. The Morgan fingerprint density at radius 3 is 2.90 bits per heavy atom. The van der Waals surface area contributed by atoms with Gasteiger partial charge in [0.15, 0.2) is 11.6 Å². The van der Waals surface area contributed by atoms with Gasteiger partial charge in [-0.3, -0.25) is 9.69 Å². The van der Waals surface area contributed by atoms with Crippen LogP contribution in [0.4, 0.5) is 4.39 Å². The lowest BCUT2D eigenvalue weighted by Gasteiger charge is -2.39. The van der Waals surface area contributed by atoms with Crippen molar-refractivity contribution in [3.63, 3.8) is 0 Å². The summed E-state index contributed by atoms with van der Waals surface area (Å²) < 4.78 is 21.5. The molecule has 0 spiro atoms. The lowest BCUT2D eigenvalue weighted by atomic mass is 9.95. The highest BCUT2D eigenvalue weighted by atomic mass is 35.5. The minimum atomic E-state index is -0.730. The molecule has 30 heavy (non-hydrogen) atoms. The number of aromatic hydroxyl groups is 1. The van der Waals surface area contributed by atoms with Gasteiger partial charge in [-0.05, 0) is 24.3 Å². The van der Waals surface area contributed by atoms with E-state index in [0.717, 1.165) is 0 Å². The van der Waals surface area contributed by atoms with Crippen LogP contribution in [-0.4, -0.2) is 53.1 Å². The highest BCUT2D eigenvalue weighted by Crippen LogP contribution is 2.43. The number of halogens is 2. The molecule has 2 aliphatic rings. The second-order valence-electron chi connectivity index (χ2n) is 7.27. The van der Waals surface area contributed by atoms with Gasteiger partial charge in [0.25, 0.3) is 0 Å². The first-order chi connectivity index (χ1) is 14.4. The predicted octanol–water partition coefficient (Wildman–Crippen LogP) is 3.31. The minimum Gasteiger partial charge on any atom is -0.507 e. The average Bonchev–Trinajstić information content (AvgIpc) is 2.93. The molecule has 4 rings (SSSR count). The number of phenols is 1. The molecule has 6 nitrogen and oxygen atoms in total. The third-order valence-electron chi connectivity index (χ3n) is 5.54. The molecule has 1 atom stereocenters. The van der Waals surface area contributed by atoms with Crippen LogP contribution in [0.1, 0.15) is 11.1 Å². The minimum absolute atomic E-state index is 0.0410. The smallest absolute Gasteiger partial charge is 0.246 e. The quantitative estimate of drug-likeness (QED) is 0.744. The highest BCUT2D eigenvalue weighted by molar-refractivity contribution is 6.33. The number of phenolic OH excluding ortho intramolecular Hbond substituents is 1. The van der Waals surface area contributed by atoms with Gasteiger partial charge in [-0.1, -0.05) is 24.2 Å². The third-order valence-corrected chi connectivity index (χ3v) is 5.86. The Balaban J connectivity index is 1.76. The monoisotopic (exact) mass is 427 g/mol. The summed E-state index contributed by atoms with van der Waals surface area (Å²) in [6, 6.07) is 7.94. The number of rotatable bonds is 2. The Morgan fingerprint density at radius 1 is 1.40 bits per heavy atom. The maximum absolute atomic E-state index is 15.6. The molecular weight excluding hydrogens is 409 g/mol. The van der Waals surface area contributed by atoms with Crippen molar-refractivity contribution in [2.75, 3.05) is 26.2 Å². The van der Waals surface area contributed by atoms with Gasteiger partial charge in [0.1, 0.15) is 12.4 Å². The molecular formula is C22H19ClFN3O3. The zero-order chi connectivity index (χ0) is 21.4. The lowest BCUT2D eigenvalue weighted by Crippen LogP contribution is -2.55. The van der Waals surface area contributed by atoms with Crippen LogP contribution in [0.25, 0.3) is 11.1 Å². The number of nitriles is 1. The molecule has 8 heteroatoms. The van der Waals surface area contributed by atoms with Crippen LogP contribution in [0.2, 0.25) is 5.02 Å². The standard InChI is InChI=1S/C22H19ClFN3O3/c1-2-18(29)27-7-6-26-10-14-8-13(9-25)19(20-16(23)4-3-5-17(20)28)21(24)22(14)30-12-15(26)11-27/h2-5,8,15,28H,1,6-7,10-12H2/t15-/m1/s1. The van der Waals surface area contributed by atoms with Gasteiger partial charge < -0.3 is 14.7 Å². The van der Waals surface area contributed by atoms with Crippen LogP contribution < -0.4 is 4.74 Å². The average molecular weight is 428 g/mol. The maximum atomic E-state index is 15.6. The first kappa shape index (κ1) is 20.2. The van der Waals surface area contributed by atoms with Crippen molar-refractivity contribution < 1.29 is 19.0 Å². The molecule has 2 aliphatic heterocycles. The van der Waals surface area contributed by atoms with E-state index in [-0.39, 0.29) is 51.8 Å². The van der Waals surface area contributed by atoms with Gasteiger partial charge in [0, 0.05) is 42.9 Å². The zero-order valence-corrected chi connectivity index (χ0v) is 16.8. The molecule has 0 aromatic heterocycles. The number of hydrogen-bond acceptors (Lipinski definition) is 5. The molecule has 1 amide bonds. The fourth-order valence-electron chi connectivity index (χ4n) is 4.04. The van der Waals surface area contributed by atoms with Gasteiger partial charge in [-0.15, -0.1) is 0 Å². The number of carbonyl (C=O) groups is 1. The molecule has 154 valence electrons. The lowest BCUT2D eigenvalue weighted by molar-refractivity contribution is -0.129. The van der Waals surface area contributed by atoms with E-state index in [1.54, 1.807) is 17.0 Å². The molecule has 0 bridgehead atoms. The van der Waals surface area contributed by atoms with Crippen LogP contribution in [0.5, 0.6) is 11.5 Å². The molecule has 2 aromatic rings. The highest BCUT2D eigenvalue weighted by Gasteiger charge is 2.34. The topological polar surface area (TPSA) is 76.8 Å². The number of piperazine rings is 1. The number of fused-ring (bicyclic) bond motifs is 2. The Bertz CT molecular complexity index is 1060. The van der Waals surface area contributed by atoms with Crippen molar-refractivity contribution in [3.05, 3.63) is 58.9 Å². The van der Waals surface area contributed by atoms with Gasteiger partial charge in [0.05, 0.1) is 22.7 Å². The van der Waals surface area contributed by atoms with Crippen molar-refractivity contribution in [1.29, 1.82) is 5.26 Å². The van der Waals surface area contributed by atoms with Crippen molar-refractivity contribution >= 4 is 17.5 Å². The molecule has 1 saturated heterocycles. The summed E-state index contributed by atoms with van der Waals surface area (Å²) in [6.07, 6.45) is 1.28. The second-order valence-corrected chi connectivity index (χ2v) is 7.68. The van der Waals surface area contributed by atoms with Gasteiger partial charge in [0.2, 0.25) is 5.91 Å². The van der Waals surface area contributed by atoms with Crippen molar-refractivity contribution in [2.24, 2.45) is 0 Å². The summed E-state index contributed by atoms with van der Waals surface area (Å²) in [5.74, 6) is -1.06. The molecule has 0 aliphatic carbocycles. The van der Waals surface area contributed by atoms with E-state index in [2.05, 4.69) is 11.5 Å². The molecule has 2 heterocycles. The first-order valence-electron chi connectivity index (χ1n) is 9.46. The van der Waals surface area contributed by atoms with Crippen molar-refractivity contribution in [1.82, 2.24) is 9.80 Å². The SMILES string of the molecule is C=CC(=O)N1CCN2Cc3cc(C#N)c(-c4c(O)cccc4Cl)c(F)c3OC[C@H]2C1. The van der Waals surface area contributed by atoms with Crippen molar-refractivity contribution in [2.45, 2.75) is 12.6 Å². The summed E-state index contributed by atoms with van der Waals surface area (Å²) in [7, 11) is 0. The summed E-state index contributed by atoms with van der Waals surface area (Å²) in [4.78, 5) is 15.8. The summed E-state index contributed by atoms with van der Waals surface area (Å²) in [5, 5.41) is 20.1. The number of hydrogen-bond donors (Lipinski definition) is 1. The van der Waals surface area contributed by atoms with E-state index in [4.69, 9.17) is 16.3 Å². The third kappa shape index (κ3) is 3.38. The van der Waals surface area contributed by atoms with E-state index in [1.165, 1.54) is 18.2 Å². The summed E-state index contributed by atoms with van der Waals surface area (Å²) in [6.45, 7) is 5.68. The van der Waals surface area contributed by atoms with E-state index in [0.29, 0.717) is 31.7 Å². The van der Waals surface area contributed by atoms with Crippen LogP contribution in [0, 0.1) is 17.1 Å².